The molecule has 1 N–H and O–H groups in total. The summed E-state index contributed by atoms with van der Waals surface area (Å²) in [7, 11) is 1.61. The van der Waals surface area contributed by atoms with Gasteiger partial charge in [-0.1, -0.05) is 35.0 Å². The van der Waals surface area contributed by atoms with E-state index >= 15 is 0 Å². The molecule has 0 radical (unpaired) electrons. The lowest BCUT2D eigenvalue weighted by atomic mass is 10.1. The molecule has 2 aromatic rings. The number of hydrogen-bond donors (Lipinski definition) is 1. The third-order valence-electron chi connectivity index (χ3n) is 2.99. The van der Waals surface area contributed by atoms with Gasteiger partial charge in [-0.2, -0.15) is 0 Å². The normalized spacial score (nSPS) is 10.6. The van der Waals surface area contributed by atoms with Crippen molar-refractivity contribution in [3.63, 3.8) is 0 Å². The van der Waals surface area contributed by atoms with Gasteiger partial charge >= 0.3 is 0 Å². The van der Waals surface area contributed by atoms with Crippen LogP contribution in [-0.4, -0.2) is 41.3 Å². The van der Waals surface area contributed by atoms with Gasteiger partial charge in [-0.05, 0) is 13.0 Å². The van der Waals surface area contributed by atoms with Crippen LogP contribution in [0.15, 0.2) is 28.8 Å². The molecule has 0 saturated heterocycles. The second-order valence-electron chi connectivity index (χ2n) is 4.39. The third-order valence-corrected chi connectivity index (χ3v) is 3.32. The first kappa shape index (κ1) is 14.6. The van der Waals surface area contributed by atoms with Gasteiger partial charge in [0.05, 0.1) is 11.6 Å². The average molecular weight is 295 g/mol. The smallest absolute Gasteiger partial charge is 0.259 e. The van der Waals surface area contributed by atoms with Crippen LogP contribution in [0.1, 0.15) is 16.1 Å². The highest BCUT2D eigenvalue weighted by atomic mass is 35.5. The highest BCUT2D eigenvalue weighted by molar-refractivity contribution is 6.33. The molecule has 0 aliphatic heterocycles. The number of carbonyl (C=O) groups excluding carboxylic acids is 1. The lowest BCUT2D eigenvalue weighted by molar-refractivity contribution is 0.0766. The quantitative estimate of drug-likeness (QED) is 0.940. The Balaban J connectivity index is 2.48. The highest BCUT2D eigenvalue weighted by Gasteiger charge is 2.25. The predicted molar refractivity (Wildman–Crippen MR) is 75.7 cm³/mol. The summed E-state index contributed by atoms with van der Waals surface area (Å²) in [6.07, 6.45) is 0. The number of benzene rings is 1. The summed E-state index contributed by atoms with van der Waals surface area (Å²) < 4.78 is 5.14. The molecule has 0 saturated carbocycles. The fourth-order valence-electron chi connectivity index (χ4n) is 1.90. The van der Waals surface area contributed by atoms with Gasteiger partial charge in [0.15, 0.2) is 0 Å². The Hall–Kier alpha value is -1.85. The average Bonchev–Trinajstić information content (AvgIpc) is 2.80. The van der Waals surface area contributed by atoms with Gasteiger partial charge in [0.25, 0.3) is 5.91 Å². The molecule has 0 spiro atoms. The number of hydrogen-bond acceptors (Lipinski definition) is 4. The van der Waals surface area contributed by atoms with Crippen molar-refractivity contribution in [2.24, 2.45) is 0 Å². The van der Waals surface area contributed by atoms with E-state index in [0.717, 1.165) is 0 Å². The van der Waals surface area contributed by atoms with E-state index in [4.69, 9.17) is 21.2 Å². The maximum absolute atomic E-state index is 12.4. The number of likely N-dealkylation sites (N-methyl/N-ethyl adjacent to an activating group) is 1. The van der Waals surface area contributed by atoms with Gasteiger partial charge in [0.2, 0.25) is 0 Å². The van der Waals surface area contributed by atoms with Crippen molar-refractivity contribution in [1.29, 1.82) is 0 Å². The second kappa shape index (κ2) is 6.07. The lowest BCUT2D eigenvalue weighted by Gasteiger charge is -2.15. The molecule has 1 amide bonds. The number of aliphatic hydroxyl groups excluding tert-OH is 1. The van der Waals surface area contributed by atoms with E-state index in [9.17, 15) is 4.79 Å². The molecule has 106 valence electrons. The Kier molecular flexibility index (Phi) is 4.42. The fourth-order valence-corrected chi connectivity index (χ4v) is 2.13. The van der Waals surface area contributed by atoms with E-state index in [-0.39, 0.29) is 19.1 Å². The first-order valence-electron chi connectivity index (χ1n) is 6.13. The molecule has 0 aliphatic rings. The number of nitrogens with zero attached hydrogens (tertiary/aromatic N) is 2. The van der Waals surface area contributed by atoms with Crippen molar-refractivity contribution in [3.8, 4) is 11.3 Å². The molecule has 0 aliphatic carbocycles. The van der Waals surface area contributed by atoms with Crippen molar-refractivity contribution in [1.82, 2.24) is 10.1 Å². The Bertz CT molecular complexity index is 625. The molecule has 0 unspecified atom stereocenters. The van der Waals surface area contributed by atoms with Crippen molar-refractivity contribution >= 4 is 17.5 Å². The molecule has 0 fully saturated rings. The second-order valence-corrected chi connectivity index (χ2v) is 4.80. The molecule has 1 heterocycles. The van der Waals surface area contributed by atoms with Crippen LogP contribution in [0.4, 0.5) is 0 Å². The van der Waals surface area contributed by atoms with Crippen LogP contribution < -0.4 is 0 Å². The fraction of sp³-hybridized carbons (Fsp3) is 0.286. The Morgan fingerprint density at radius 2 is 2.15 bits per heavy atom. The zero-order chi connectivity index (χ0) is 14.7. The highest BCUT2D eigenvalue weighted by Crippen LogP contribution is 2.31. The maximum atomic E-state index is 12.4. The van der Waals surface area contributed by atoms with Gasteiger partial charge in [-0.3, -0.25) is 4.79 Å². The van der Waals surface area contributed by atoms with Crippen molar-refractivity contribution < 1.29 is 14.4 Å². The molecule has 5 nitrogen and oxygen atoms in total. The Morgan fingerprint density at radius 1 is 1.45 bits per heavy atom. The van der Waals surface area contributed by atoms with Crippen molar-refractivity contribution in [2.45, 2.75) is 6.92 Å². The summed E-state index contributed by atoms with van der Waals surface area (Å²) in [4.78, 5) is 13.8. The largest absolute Gasteiger partial charge is 0.395 e. The summed E-state index contributed by atoms with van der Waals surface area (Å²) in [5.41, 5.74) is 1.43. The topological polar surface area (TPSA) is 66.6 Å². The molecule has 6 heteroatoms. The number of amides is 1. The Labute approximate surface area is 121 Å². The summed E-state index contributed by atoms with van der Waals surface area (Å²) in [6.45, 7) is 1.81. The minimum atomic E-state index is -0.257. The third kappa shape index (κ3) is 2.69. The van der Waals surface area contributed by atoms with Crippen LogP contribution in [0, 0.1) is 6.92 Å². The number of aliphatic hydroxyl groups is 1. The summed E-state index contributed by atoms with van der Waals surface area (Å²) in [5.74, 6) is 0.169. The lowest BCUT2D eigenvalue weighted by Crippen LogP contribution is -2.30. The standard InChI is InChI=1S/C14H15ClN2O3/c1-9-12(14(19)17(2)7-8-18)13(16-20-9)10-5-3-4-6-11(10)15/h3-6,18H,7-8H2,1-2H3. The zero-order valence-corrected chi connectivity index (χ0v) is 12.0. The number of rotatable bonds is 4. The van der Waals surface area contributed by atoms with E-state index in [0.29, 0.717) is 27.6 Å². The predicted octanol–water partition coefficient (Wildman–Crippen LogP) is 2.37. The van der Waals surface area contributed by atoms with Crippen LogP contribution in [0.3, 0.4) is 0 Å². The van der Waals surface area contributed by atoms with Crippen LogP contribution >= 0.6 is 11.6 Å². The van der Waals surface area contributed by atoms with Gasteiger partial charge in [0, 0.05) is 19.2 Å². The van der Waals surface area contributed by atoms with Crippen LogP contribution in [0.25, 0.3) is 11.3 Å². The van der Waals surface area contributed by atoms with Gasteiger partial charge in [-0.15, -0.1) is 0 Å². The summed E-state index contributed by atoms with van der Waals surface area (Å²) in [5, 5.41) is 13.4. The van der Waals surface area contributed by atoms with Crippen molar-refractivity contribution in [2.75, 3.05) is 20.2 Å². The molecular formula is C14H15ClN2O3. The SMILES string of the molecule is Cc1onc(-c2ccccc2Cl)c1C(=O)N(C)CCO. The molecule has 20 heavy (non-hydrogen) atoms. The monoisotopic (exact) mass is 294 g/mol. The first-order valence-corrected chi connectivity index (χ1v) is 6.51. The summed E-state index contributed by atoms with van der Waals surface area (Å²) in [6, 6.07) is 7.13. The van der Waals surface area contributed by atoms with Crippen LogP contribution in [0.5, 0.6) is 0 Å². The first-order chi connectivity index (χ1) is 9.56. The van der Waals surface area contributed by atoms with Gasteiger partial charge < -0.3 is 14.5 Å². The molecule has 0 bridgehead atoms. The number of carbonyl (C=O) groups is 1. The van der Waals surface area contributed by atoms with E-state index in [1.54, 1.807) is 32.2 Å². The van der Waals surface area contributed by atoms with E-state index < -0.39 is 0 Å². The summed E-state index contributed by atoms with van der Waals surface area (Å²) >= 11 is 6.14. The molecule has 1 aromatic heterocycles. The molecular weight excluding hydrogens is 280 g/mol. The van der Waals surface area contributed by atoms with Crippen molar-refractivity contribution in [3.05, 3.63) is 40.6 Å². The van der Waals surface area contributed by atoms with E-state index in [1.807, 2.05) is 6.07 Å². The minimum absolute atomic E-state index is 0.103. The van der Waals surface area contributed by atoms with Crippen LogP contribution in [0.2, 0.25) is 5.02 Å². The Morgan fingerprint density at radius 3 is 2.80 bits per heavy atom. The molecule has 0 atom stereocenters. The number of aryl methyl sites for hydroxylation is 1. The van der Waals surface area contributed by atoms with Crippen LogP contribution in [-0.2, 0) is 0 Å². The molecule has 1 aromatic carbocycles. The van der Waals surface area contributed by atoms with E-state index in [2.05, 4.69) is 5.16 Å². The number of aromatic nitrogens is 1. The van der Waals surface area contributed by atoms with Gasteiger partial charge in [0.1, 0.15) is 17.0 Å². The minimum Gasteiger partial charge on any atom is -0.395 e. The maximum Gasteiger partial charge on any atom is 0.259 e. The zero-order valence-electron chi connectivity index (χ0n) is 11.3. The molecule has 2 rings (SSSR count). The van der Waals surface area contributed by atoms with E-state index in [1.165, 1.54) is 4.90 Å². The van der Waals surface area contributed by atoms with Gasteiger partial charge in [-0.25, -0.2) is 0 Å². The number of halogens is 1.